The summed E-state index contributed by atoms with van der Waals surface area (Å²) in [5.74, 6) is 0. The van der Waals surface area contributed by atoms with Crippen LogP contribution in [-0.2, 0) is 32.6 Å². The van der Waals surface area contributed by atoms with Crippen LogP contribution in [0.3, 0.4) is 0 Å². The van der Waals surface area contributed by atoms with Crippen molar-refractivity contribution < 1.29 is 0 Å². The van der Waals surface area contributed by atoms with Crippen LogP contribution < -0.4 is 17.0 Å². The molecule has 3 aromatic rings. The number of halogens is 1. The van der Waals surface area contributed by atoms with Crippen molar-refractivity contribution in [1.82, 2.24) is 14.0 Å². The third-order valence-electron chi connectivity index (χ3n) is 6.22. The SMILES string of the molecule is [C-]#[N+]c1cccc(CN2CCc3c(c(=O)n(Cc4ccc(Cl)cc4)c(=O)n3CCCCN)C2)c1. The zero-order chi connectivity index (χ0) is 24.1. The van der Waals surface area contributed by atoms with Gasteiger partial charge in [-0.2, -0.15) is 0 Å². The van der Waals surface area contributed by atoms with Crippen LogP contribution in [0.5, 0.6) is 0 Å². The number of fused-ring (bicyclic) bond motifs is 1. The van der Waals surface area contributed by atoms with Crippen molar-refractivity contribution in [2.75, 3.05) is 13.1 Å². The molecule has 0 unspecified atom stereocenters. The quantitative estimate of drug-likeness (QED) is 0.397. The predicted molar refractivity (Wildman–Crippen MR) is 134 cm³/mol. The molecule has 2 aromatic carbocycles. The Balaban J connectivity index is 1.69. The highest BCUT2D eigenvalue weighted by atomic mass is 35.5. The van der Waals surface area contributed by atoms with Crippen molar-refractivity contribution in [3.05, 3.63) is 108 Å². The van der Waals surface area contributed by atoms with Crippen molar-refractivity contribution in [3.8, 4) is 0 Å². The molecule has 1 aromatic heterocycles. The summed E-state index contributed by atoms with van der Waals surface area (Å²) in [5, 5.41) is 0.610. The van der Waals surface area contributed by atoms with Crippen molar-refractivity contribution in [1.29, 1.82) is 0 Å². The van der Waals surface area contributed by atoms with Crippen LogP contribution in [0.4, 0.5) is 5.69 Å². The topological polar surface area (TPSA) is 77.6 Å². The molecule has 0 fully saturated rings. The highest BCUT2D eigenvalue weighted by molar-refractivity contribution is 6.30. The van der Waals surface area contributed by atoms with Gasteiger partial charge in [0.1, 0.15) is 0 Å². The Bertz CT molecular complexity index is 1320. The van der Waals surface area contributed by atoms with E-state index >= 15 is 0 Å². The van der Waals surface area contributed by atoms with Crippen LogP contribution >= 0.6 is 11.6 Å². The summed E-state index contributed by atoms with van der Waals surface area (Å²) in [6, 6.07) is 14.8. The van der Waals surface area contributed by atoms with E-state index < -0.39 is 0 Å². The fourth-order valence-corrected chi connectivity index (χ4v) is 4.61. The summed E-state index contributed by atoms with van der Waals surface area (Å²) < 4.78 is 3.12. The summed E-state index contributed by atoms with van der Waals surface area (Å²) >= 11 is 6.00. The van der Waals surface area contributed by atoms with Crippen molar-refractivity contribution in [2.45, 2.75) is 45.4 Å². The van der Waals surface area contributed by atoms with Gasteiger partial charge in [0, 0.05) is 43.3 Å². The second-order valence-electron chi connectivity index (χ2n) is 8.62. The van der Waals surface area contributed by atoms with Crippen molar-refractivity contribution in [3.63, 3.8) is 0 Å². The standard InChI is InChI=1S/C26H28ClN5O2/c1-29-22-6-4-5-20(15-22)16-30-14-11-24-23(18-30)25(33)32(17-19-7-9-21(27)10-8-19)26(34)31(24)13-3-2-12-28/h4-10,15H,2-3,11-14,16-18,28H2. The van der Waals surface area contributed by atoms with E-state index in [0.717, 1.165) is 36.2 Å². The zero-order valence-corrected chi connectivity index (χ0v) is 19.8. The fraction of sp³-hybridized carbons (Fsp3) is 0.346. The van der Waals surface area contributed by atoms with E-state index in [2.05, 4.69) is 9.74 Å². The highest BCUT2D eigenvalue weighted by Gasteiger charge is 2.25. The van der Waals surface area contributed by atoms with Crippen LogP contribution in [0.15, 0.2) is 58.1 Å². The van der Waals surface area contributed by atoms with Crippen molar-refractivity contribution in [2.24, 2.45) is 5.73 Å². The molecule has 176 valence electrons. The third-order valence-corrected chi connectivity index (χ3v) is 6.47. The number of benzene rings is 2. The summed E-state index contributed by atoms with van der Waals surface area (Å²) in [5.41, 5.74) is 9.17. The molecule has 7 nitrogen and oxygen atoms in total. The Labute approximate surface area is 203 Å². The third kappa shape index (κ3) is 5.31. The Kier molecular flexibility index (Phi) is 7.63. The van der Waals surface area contributed by atoms with Crippen LogP contribution in [-0.4, -0.2) is 27.1 Å². The minimum absolute atomic E-state index is 0.200. The molecule has 34 heavy (non-hydrogen) atoms. The molecule has 0 bridgehead atoms. The first-order chi connectivity index (χ1) is 16.5. The molecule has 8 heteroatoms. The molecule has 0 atom stereocenters. The monoisotopic (exact) mass is 477 g/mol. The largest absolute Gasteiger partial charge is 0.331 e. The highest BCUT2D eigenvalue weighted by Crippen LogP contribution is 2.20. The molecule has 0 saturated carbocycles. The molecular weight excluding hydrogens is 450 g/mol. The first kappa shape index (κ1) is 24.0. The van der Waals surface area contributed by atoms with Crippen LogP contribution in [0.1, 0.15) is 35.2 Å². The number of rotatable bonds is 8. The molecule has 0 saturated heterocycles. The number of nitrogens with two attached hydrogens (primary N) is 1. The number of nitrogens with zero attached hydrogens (tertiary/aromatic N) is 4. The van der Waals surface area contributed by atoms with Gasteiger partial charge in [0.05, 0.1) is 18.7 Å². The maximum atomic E-state index is 13.5. The Morgan fingerprint density at radius 2 is 1.79 bits per heavy atom. The average Bonchev–Trinajstić information content (AvgIpc) is 2.85. The van der Waals surface area contributed by atoms with E-state index in [-0.39, 0.29) is 17.8 Å². The molecule has 0 spiro atoms. The predicted octanol–water partition coefficient (Wildman–Crippen LogP) is 3.56. The Hall–Kier alpha value is -3.18. The molecule has 0 radical (unpaired) electrons. The van der Waals surface area contributed by atoms with Crippen LogP contribution in [0, 0.1) is 6.57 Å². The number of hydrogen-bond donors (Lipinski definition) is 1. The second kappa shape index (κ2) is 10.8. The lowest BCUT2D eigenvalue weighted by atomic mass is 10.0. The summed E-state index contributed by atoms with van der Waals surface area (Å²) in [7, 11) is 0. The van der Waals surface area contributed by atoms with Crippen LogP contribution in [0.25, 0.3) is 4.85 Å². The second-order valence-corrected chi connectivity index (χ2v) is 9.05. The smallest absolute Gasteiger partial charge is 0.330 e. The minimum Gasteiger partial charge on any atom is -0.330 e. The maximum Gasteiger partial charge on any atom is 0.331 e. The number of unbranched alkanes of at least 4 members (excludes halogenated alkanes) is 1. The van der Waals surface area contributed by atoms with E-state index in [4.69, 9.17) is 23.9 Å². The lowest BCUT2D eigenvalue weighted by Gasteiger charge is -2.30. The van der Waals surface area contributed by atoms with E-state index in [1.165, 1.54) is 4.57 Å². The summed E-state index contributed by atoms with van der Waals surface area (Å²) in [6.07, 6.45) is 2.24. The Morgan fingerprint density at radius 3 is 2.53 bits per heavy atom. The van der Waals surface area contributed by atoms with Gasteiger partial charge in [0.25, 0.3) is 5.56 Å². The zero-order valence-electron chi connectivity index (χ0n) is 19.0. The summed E-state index contributed by atoms with van der Waals surface area (Å²) in [6.45, 7) is 10.4. The number of hydrogen-bond acceptors (Lipinski definition) is 4. The van der Waals surface area contributed by atoms with Gasteiger partial charge in [0.15, 0.2) is 5.69 Å². The first-order valence-electron chi connectivity index (χ1n) is 11.5. The van der Waals surface area contributed by atoms with Gasteiger partial charge in [-0.15, -0.1) is 0 Å². The lowest BCUT2D eigenvalue weighted by molar-refractivity contribution is 0.235. The molecule has 2 N–H and O–H groups in total. The van der Waals surface area contributed by atoms with Crippen molar-refractivity contribution >= 4 is 17.3 Å². The van der Waals surface area contributed by atoms with E-state index in [9.17, 15) is 9.59 Å². The van der Waals surface area contributed by atoms with Gasteiger partial charge < -0.3 is 5.73 Å². The van der Waals surface area contributed by atoms with Gasteiger partial charge in [-0.05, 0) is 42.6 Å². The van der Waals surface area contributed by atoms with Gasteiger partial charge in [-0.25, -0.2) is 9.64 Å². The molecule has 4 rings (SSSR count). The van der Waals surface area contributed by atoms with Gasteiger partial charge in [-0.1, -0.05) is 48.0 Å². The minimum atomic E-state index is -0.270. The van der Waals surface area contributed by atoms with Gasteiger partial charge >= 0.3 is 5.69 Å². The van der Waals surface area contributed by atoms with Gasteiger partial charge in [0.2, 0.25) is 0 Å². The molecule has 1 aliphatic rings. The first-order valence-corrected chi connectivity index (χ1v) is 11.9. The molecule has 2 heterocycles. The number of aromatic nitrogens is 2. The normalized spacial score (nSPS) is 13.4. The summed E-state index contributed by atoms with van der Waals surface area (Å²) in [4.78, 5) is 32.6. The van der Waals surface area contributed by atoms with E-state index in [1.807, 2.05) is 30.3 Å². The van der Waals surface area contributed by atoms with Gasteiger partial charge in [-0.3, -0.25) is 18.8 Å². The average molecular weight is 478 g/mol. The molecule has 1 aliphatic heterocycles. The lowest BCUT2D eigenvalue weighted by Crippen LogP contribution is -2.47. The maximum absolute atomic E-state index is 13.5. The van der Waals surface area contributed by atoms with E-state index in [0.29, 0.717) is 48.9 Å². The molecular formula is C26H28ClN5O2. The fourth-order valence-electron chi connectivity index (χ4n) is 4.48. The van der Waals surface area contributed by atoms with E-state index in [1.54, 1.807) is 22.8 Å². The molecule has 0 amide bonds. The van der Waals surface area contributed by atoms with Crippen LogP contribution in [0.2, 0.25) is 5.02 Å². The molecule has 0 aliphatic carbocycles. The Morgan fingerprint density at radius 1 is 1.00 bits per heavy atom.